The highest BCUT2D eigenvalue weighted by molar-refractivity contribution is 7.92. The van der Waals surface area contributed by atoms with Crippen molar-refractivity contribution in [2.45, 2.75) is 19.9 Å². The van der Waals surface area contributed by atoms with Crippen LogP contribution in [0.4, 0.5) is 11.4 Å². The number of hydrogen-bond acceptors (Lipinski definition) is 7. The van der Waals surface area contributed by atoms with Crippen LogP contribution in [0.2, 0.25) is 0 Å². The molecule has 0 aliphatic rings. The van der Waals surface area contributed by atoms with Crippen LogP contribution in [-0.2, 0) is 14.8 Å². The first-order chi connectivity index (χ1) is 14.3. The molecule has 0 radical (unpaired) electrons. The molecule has 0 aliphatic carbocycles. The second-order valence-electron chi connectivity index (χ2n) is 6.29. The molecule has 9 nitrogen and oxygen atoms in total. The monoisotopic (exact) mass is 467 g/mol. The summed E-state index contributed by atoms with van der Waals surface area (Å²) in [5.41, 5.74) is 0.748. The minimum absolute atomic E-state index is 0.0654. The Balaban J connectivity index is 1.83. The summed E-state index contributed by atoms with van der Waals surface area (Å²) in [4.78, 5) is 13.8. The SMILES string of the molecule is CCS(=O)(=O)Nc1ccc(NC(=O)C(C)n2c(-c3cccs3)n[nH]c2=S)cc1OC. The molecule has 0 saturated heterocycles. The number of aromatic amines is 1. The molecule has 30 heavy (non-hydrogen) atoms. The molecule has 0 aliphatic heterocycles. The number of anilines is 2. The molecule has 0 spiro atoms. The van der Waals surface area contributed by atoms with Gasteiger partial charge in [-0.1, -0.05) is 6.07 Å². The summed E-state index contributed by atoms with van der Waals surface area (Å²) in [5.74, 6) is 0.495. The van der Waals surface area contributed by atoms with Crippen molar-refractivity contribution in [1.29, 1.82) is 0 Å². The third-order valence-electron chi connectivity index (χ3n) is 4.33. The number of rotatable bonds is 8. The number of thiophene rings is 1. The van der Waals surface area contributed by atoms with Crippen molar-refractivity contribution in [2.24, 2.45) is 0 Å². The number of ether oxygens (including phenoxy) is 1. The third kappa shape index (κ3) is 4.71. The van der Waals surface area contributed by atoms with E-state index in [1.54, 1.807) is 23.6 Å². The molecule has 1 atom stereocenters. The lowest BCUT2D eigenvalue weighted by Crippen LogP contribution is -2.24. The molecular weight excluding hydrogens is 446 g/mol. The summed E-state index contributed by atoms with van der Waals surface area (Å²) in [5, 5.41) is 11.7. The van der Waals surface area contributed by atoms with E-state index < -0.39 is 16.1 Å². The summed E-state index contributed by atoms with van der Waals surface area (Å²) in [7, 11) is -2.03. The molecule has 2 heterocycles. The Morgan fingerprint density at radius 3 is 2.80 bits per heavy atom. The number of nitrogens with one attached hydrogen (secondary N) is 3. The second kappa shape index (κ2) is 8.98. The number of methoxy groups -OCH3 is 1. The second-order valence-corrected chi connectivity index (χ2v) is 9.63. The fourth-order valence-corrected chi connectivity index (χ4v) is 4.35. The maximum atomic E-state index is 12.9. The highest BCUT2D eigenvalue weighted by Gasteiger charge is 2.22. The van der Waals surface area contributed by atoms with Gasteiger partial charge in [-0.2, -0.15) is 5.10 Å². The maximum Gasteiger partial charge on any atom is 0.247 e. The fourth-order valence-electron chi connectivity index (χ4n) is 2.70. The van der Waals surface area contributed by atoms with Crippen LogP contribution in [0, 0.1) is 4.77 Å². The average molecular weight is 468 g/mol. The normalized spacial score (nSPS) is 12.4. The molecular formula is C18H21N5O4S3. The minimum atomic E-state index is -3.46. The Bertz CT molecular complexity index is 1200. The molecule has 1 amide bonds. The lowest BCUT2D eigenvalue weighted by molar-refractivity contribution is -0.118. The van der Waals surface area contributed by atoms with Crippen molar-refractivity contribution in [2.75, 3.05) is 22.9 Å². The van der Waals surface area contributed by atoms with E-state index in [1.165, 1.54) is 31.4 Å². The molecule has 2 aromatic heterocycles. The van der Waals surface area contributed by atoms with Crippen LogP contribution in [0.15, 0.2) is 35.7 Å². The van der Waals surface area contributed by atoms with E-state index in [0.29, 0.717) is 22.0 Å². The van der Waals surface area contributed by atoms with Crippen LogP contribution in [0.1, 0.15) is 19.9 Å². The van der Waals surface area contributed by atoms with E-state index in [4.69, 9.17) is 17.0 Å². The van der Waals surface area contributed by atoms with Crippen molar-refractivity contribution in [3.8, 4) is 16.5 Å². The first kappa shape index (κ1) is 22.0. The van der Waals surface area contributed by atoms with Gasteiger partial charge in [0.15, 0.2) is 10.6 Å². The van der Waals surface area contributed by atoms with E-state index >= 15 is 0 Å². The molecule has 1 unspecified atom stereocenters. The average Bonchev–Trinajstić information content (AvgIpc) is 3.37. The van der Waals surface area contributed by atoms with Gasteiger partial charge in [-0.3, -0.25) is 19.2 Å². The van der Waals surface area contributed by atoms with Crippen molar-refractivity contribution in [1.82, 2.24) is 14.8 Å². The van der Waals surface area contributed by atoms with Gasteiger partial charge in [0.1, 0.15) is 11.8 Å². The van der Waals surface area contributed by atoms with Crippen molar-refractivity contribution >= 4 is 50.9 Å². The Morgan fingerprint density at radius 2 is 2.17 bits per heavy atom. The number of carbonyl (C=O) groups excluding carboxylic acids is 1. The van der Waals surface area contributed by atoms with Gasteiger partial charge in [0.05, 0.1) is 23.4 Å². The van der Waals surface area contributed by atoms with Crippen LogP contribution >= 0.6 is 23.6 Å². The maximum absolute atomic E-state index is 12.9. The summed E-state index contributed by atoms with van der Waals surface area (Å²) in [6.07, 6.45) is 0. The number of hydrogen-bond donors (Lipinski definition) is 3. The van der Waals surface area contributed by atoms with Gasteiger partial charge in [-0.25, -0.2) is 8.42 Å². The number of H-pyrrole nitrogens is 1. The summed E-state index contributed by atoms with van der Waals surface area (Å²) >= 11 is 6.81. The van der Waals surface area contributed by atoms with E-state index in [9.17, 15) is 13.2 Å². The van der Waals surface area contributed by atoms with Gasteiger partial charge in [0.25, 0.3) is 0 Å². The van der Waals surface area contributed by atoms with Gasteiger partial charge < -0.3 is 10.1 Å². The van der Waals surface area contributed by atoms with Gasteiger partial charge in [-0.05, 0) is 49.6 Å². The topological polar surface area (TPSA) is 118 Å². The van der Waals surface area contributed by atoms with Crippen LogP contribution in [-0.4, -0.2) is 42.0 Å². The molecule has 3 aromatic rings. The Kier molecular flexibility index (Phi) is 6.58. The van der Waals surface area contributed by atoms with E-state index in [0.717, 1.165) is 4.88 Å². The number of amides is 1. The zero-order chi connectivity index (χ0) is 21.9. The van der Waals surface area contributed by atoms with Crippen LogP contribution in [0.3, 0.4) is 0 Å². The summed E-state index contributed by atoms with van der Waals surface area (Å²) in [6.45, 7) is 3.26. The number of sulfonamides is 1. The molecule has 3 N–H and O–H groups in total. The third-order valence-corrected chi connectivity index (χ3v) is 6.77. The molecule has 3 rings (SSSR count). The van der Waals surface area contributed by atoms with Crippen LogP contribution < -0.4 is 14.8 Å². The van der Waals surface area contributed by atoms with Gasteiger partial charge >= 0.3 is 0 Å². The van der Waals surface area contributed by atoms with Crippen molar-refractivity contribution in [3.63, 3.8) is 0 Å². The highest BCUT2D eigenvalue weighted by Crippen LogP contribution is 2.30. The first-order valence-electron chi connectivity index (χ1n) is 8.96. The Morgan fingerprint density at radius 1 is 1.40 bits per heavy atom. The molecule has 1 aromatic carbocycles. The smallest absolute Gasteiger partial charge is 0.247 e. The predicted octanol–water partition coefficient (Wildman–Crippen LogP) is 3.64. The van der Waals surface area contributed by atoms with Crippen molar-refractivity contribution < 1.29 is 17.9 Å². The number of carbonyl (C=O) groups is 1. The largest absolute Gasteiger partial charge is 0.494 e. The zero-order valence-corrected chi connectivity index (χ0v) is 19.0. The predicted molar refractivity (Wildman–Crippen MR) is 120 cm³/mol. The van der Waals surface area contributed by atoms with Crippen LogP contribution in [0.25, 0.3) is 10.7 Å². The molecule has 0 saturated carbocycles. The molecule has 0 bridgehead atoms. The highest BCUT2D eigenvalue weighted by atomic mass is 32.2. The first-order valence-corrected chi connectivity index (χ1v) is 11.9. The summed E-state index contributed by atoms with van der Waals surface area (Å²) < 4.78 is 33.3. The molecule has 0 fully saturated rings. The number of aromatic nitrogens is 3. The summed E-state index contributed by atoms with van der Waals surface area (Å²) in [6, 6.07) is 7.83. The quantitative estimate of drug-likeness (QED) is 0.435. The number of nitrogens with zero attached hydrogens (tertiary/aromatic N) is 2. The lowest BCUT2D eigenvalue weighted by Gasteiger charge is -2.17. The van der Waals surface area contributed by atoms with E-state index in [1.807, 2.05) is 17.5 Å². The molecule has 12 heteroatoms. The number of benzene rings is 1. The minimum Gasteiger partial charge on any atom is -0.494 e. The van der Waals surface area contributed by atoms with Gasteiger partial charge in [-0.15, -0.1) is 11.3 Å². The van der Waals surface area contributed by atoms with E-state index in [2.05, 4.69) is 20.2 Å². The fraction of sp³-hybridized carbons (Fsp3) is 0.278. The Labute approximate surface area is 183 Å². The molecule has 160 valence electrons. The van der Waals surface area contributed by atoms with Crippen molar-refractivity contribution in [3.05, 3.63) is 40.5 Å². The lowest BCUT2D eigenvalue weighted by atomic mass is 10.2. The zero-order valence-electron chi connectivity index (χ0n) is 16.5. The van der Waals surface area contributed by atoms with Gasteiger partial charge in [0.2, 0.25) is 15.9 Å². The standard InChI is InChI=1S/C18H21N5O4S3/c1-4-30(25,26)22-13-8-7-12(10-14(13)27-3)19-17(24)11(2)23-16(20-21-18(23)28)15-6-5-9-29-15/h5-11,22H,4H2,1-3H3,(H,19,24)(H,21,28). The van der Waals surface area contributed by atoms with Gasteiger partial charge in [0, 0.05) is 11.8 Å². The van der Waals surface area contributed by atoms with Crippen LogP contribution in [0.5, 0.6) is 5.75 Å². The Hall–Kier alpha value is -2.70. The van der Waals surface area contributed by atoms with E-state index in [-0.39, 0.29) is 17.4 Å².